The Morgan fingerprint density at radius 2 is 2.42 bits per heavy atom. The van der Waals surface area contributed by atoms with Gasteiger partial charge in [-0.3, -0.25) is 0 Å². The van der Waals surface area contributed by atoms with E-state index in [0.717, 1.165) is 5.92 Å². The number of nitrogens with zero attached hydrogens (tertiary/aromatic N) is 1. The molecule has 4 heteroatoms. The summed E-state index contributed by atoms with van der Waals surface area (Å²) >= 11 is 0. The van der Waals surface area contributed by atoms with Crippen molar-refractivity contribution < 1.29 is 9.84 Å². The molecule has 0 heterocycles. The molecule has 1 aromatic rings. The zero-order chi connectivity index (χ0) is 13.7. The number of aliphatic hydroxyl groups excluding tert-OH is 1. The summed E-state index contributed by atoms with van der Waals surface area (Å²) in [6, 6.07) is 9.59. The lowest BCUT2D eigenvalue weighted by molar-refractivity contribution is 0.106. The first-order valence-electron chi connectivity index (χ1n) is 6.77. The molecular weight excluding hydrogens is 240 g/mol. The minimum Gasteiger partial charge on any atom is -0.491 e. The number of hydrogen-bond donors (Lipinski definition) is 2. The topological polar surface area (TPSA) is 65.3 Å². The highest BCUT2D eigenvalue weighted by atomic mass is 16.5. The van der Waals surface area contributed by atoms with Crippen LogP contribution in [0.15, 0.2) is 24.3 Å². The molecule has 102 valence electrons. The zero-order valence-electron chi connectivity index (χ0n) is 11.2. The molecular formula is C15H20N2O2. The molecule has 3 unspecified atom stereocenters. The Morgan fingerprint density at radius 3 is 3.11 bits per heavy atom. The molecule has 1 aliphatic carbocycles. The van der Waals surface area contributed by atoms with Crippen LogP contribution in [0.2, 0.25) is 0 Å². The van der Waals surface area contributed by atoms with Crippen LogP contribution >= 0.6 is 0 Å². The molecule has 1 aliphatic rings. The molecule has 3 atom stereocenters. The summed E-state index contributed by atoms with van der Waals surface area (Å²) in [5, 5.41) is 21.9. The standard InChI is InChI=1S/C15H20N2O2/c1-2-12-7-15(12)17-9-13(18)10-19-14-5-3-4-11(6-14)8-16/h3-6,12-13,15,17-18H,2,7,9-10H2,1H3. The van der Waals surface area contributed by atoms with Crippen molar-refractivity contribution in [2.45, 2.75) is 31.9 Å². The van der Waals surface area contributed by atoms with Gasteiger partial charge in [0.1, 0.15) is 18.5 Å². The highest BCUT2D eigenvalue weighted by molar-refractivity contribution is 5.36. The maximum Gasteiger partial charge on any atom is 0.120 e. The fourth-order valence-electron chi connectivity index (χ4n) is 2.14. The molecule has 4 nitrogen and oxygen atoms in total. The van der Waals surface area contributed by atoms with Crippen molar-refractivity contribution in [2.24, 2.45) is 5.92 Å². The minimum atomic E-state index is -0.524. The Labute approximate surface area is 114 Å². The summed E-state index contributed by atoms with van der Waals surface area (Å²) in [7, 11) is 0. The summed E-state index contributed by atoms with van der Waals surface area (Å²) in [6.45, 7) is 2.98. The first kappa shape index (κ1) is 13.9. The summed E-state index contributed by atoms with van der Waals surface area (Å²) < 4.78 is 5.48. The molecule has 0 radical (unpaired) electrons. The average molecular weight is 260 g/mol. The number of hydrogen-bond acceptors (Lipinski definition) is 4. The lowest BCUT2D eigenvalue weighted by Gasteiger charge is -2.13. The van der Waals surface area contributed by atoms with Gasteiger partial charge in [0.15, 0.2) is 0 Å². The maximum absolute atomic E-state index is 9.82. The second-order valence-corrected chi connectivity index (χ2v) is 5.02. The Hall–Kier alpha value is -1.57. The predicted molar refractivity (Wildman–Crippen MR) is 72.8 cm³/mol. The first-order chi connectivity index (χ1) is 9.22. The molecule has 2 rings (SSSR count). The normalized spacial score (nSPS) is 22.6. The van der Waals surface area contributed by atoms with E-state index in [1.165, 1.54) is 12.8 Å². The Balaban J connectivity index is 1.68. The maximum atomic E-state index is 9.82. The van der Waals surface area contributed by atoms with Gasteiger partial charge in [0.2, 0.25) is 0 Å². The van der Waals surface area contributed by atoms with Crippen LogP contribution in [0.4, 0.5) is 0 Å². The van der Waals surface area contributed by atoms with Crippen LogP contribution in [0.5, 0.6) is 5.75 Å². The van der Waals surface area contributed by atoms with Gasteiger partial charge in [0.25, 0.3) is 0 Å². The van der Waals surface area contributed by atoms with Gasteiger partial charge in [-0.25, -0.2) is 0 Å². The molecule has 0 spiro atoms. The van der Waals surface area contributed by atoms with E-state index in [9.17, 15) is 5.11 Å². The van der Waals surface area contributed by atoms with Gasteiger partial charge < -0.3 is 15.2 Å². The number of nitrogens with one attached hydrogen (secondary N) is 1. The molecule has 19 heavy (non-hydrogen) atoms. The van der Waals surface area contributed by atoms with E-state index < -0.39 is 6.10 Å². The van der Waals surface area contributed by atoms with Gasteiger partial charge in [-0.05, 0) is 30.5 Å². The van der Waals surface area contributed by atoms with Crippen molar-refractivity contribution >= 4 is 0 Å². The monoisotopic (exact) mass is 260 g/mol. The van der Waals surface area contributed by atoms with Crippen molar-refractivity contribution in [1.82, 2.24) is 5.32 Å². The van der Waals surface area contributed by atoms with Crippen LogP contribution in [0.25, 0.3) is 0 Å². The summed E-state index contributed by atoms with van der Waals surface area (Å²) in [5.41, 5.74) is 0.564. The smallest absolute Gasteiger partial charge is 0.120 e. The fourth-order valence-corrected chi connectivity index (χ4v) is 2.14. The van der Waals surface area contributed by atoms with E-state index >= 15 is 0 Å². The number of ether oxygens (including phenoxy) is 1. The van der Waals surface area contributed by atoms with E-state index in [2.05, 4.69) is 18.3 Å². The zero-order valence-corrected chi connectivity index (χ0v) is 11.2. The molecule has 0 aromatic heterocycles. The molecule has 1 fully saturated rings. The lowest BCUT2D eigenvalue weighted by atomic mass is 10.2. The van der Waals surface area contributed by atoms with Gasteiger partial charge in [-0.15, -0.1) is 0 Å². The molecule has 0 saturated heterocycles. The Morgan fingerprint density at radius 1 is 1.58 bits per heavy atom. The van der Waals surface area contributed by atoms with Crippen LogP contribution in [0.3, 0.4) is 0 Å². The van der Waals surface area contributed by atoms with Crippen molar-refractivity contribution in [3.05, 3.63) is 29.8 Å². The molecule has 0 bridgehead atoms. The molecule has 0 aliphatic heterocycles. The fraction of sp³-hybridized carbons (Fsp3) is 0.533. The predicted octanol–water partition coefficient (Wildman–Crippen LogP) is 1.69. The van der Waals surface area contributed by atoms with Crippen LogP contribution in [0.1, 0.15) is 25.3 Å². The number of nitriles is 1. The van der Waals surface area contributed by atoms with Crippen molar-refractivity contribution in [3.8, 4) is 11.8 Å². The third kappa shape index (κ3) is 4.23. The molecule has 1 aromatic carbocycles. The van der Waals surface area contributed by atoms with E-state index in [-0.39, 0.29) is 6.61 Å². The van der Waals surface area contributed by atoms with Crippen molar-refractivity contribution in [3.63, 3.8) is 0 Å². The Kier molecular flexibility index (Phi) is 4.78. The highest BCUT2D eigenvalue weighted by Crippen LogP contribution is 2.32. The quantitative estimate of drug-likeness (QED) is 0.783. The van der Waals surface area contributed by atoms with Gasteiger partial charge in [-0.2, -0.15) is 5.26 Å². The van der Waals surface area contributed by atoms with Crippen LogP contribution in [0, 0.1) is 17.2 Å². The molecule has 1 saturated carbocycles. The third-order valence-electron chi connectivity index (χ3n) is 3.47. The number of benzene rings is 1. The largest absolute Gasteiger partial charge is 0.491 e. The summed E-state index contributed by atoms with van der Waals surface area (Å²) in [6.07, 6.45) is 1.89. The second-order valence-electron chi connectivity index (χ2n) is 5.02. The van der Waals surface area contributed by atoms with Crippen molar-refractivity contribution in [1.29, 1.82) is 5.26 Å². The van der Waals surface area contributed by atoms with Crippen LogP contribution in [-0.2, 0) is 0 Å². The summed E-state index contributed by atoms with van der Waals surface area (Å²) in [5.74, 6) is 1.40. The SMILES string of the molecule is CCC1CC1NCC(O)COc1cccc(C#N)c1. The second kappa shape index (κ2) is 6.55. The molecule has 0 amide bonds. The van der Waals surface area contributed by atoms with E-state index in [4.69, 9.17) is 10.00 Å². The van der Waals surface area contributed by atoms with E-state index in [1.807, 2.05) is 0 Å². The van der Waals surface area contributed by atoms with Crippen LogP contribution in [-0.4, -0.2) is 30.4 Å². The Bertz CT molecular complexity index is 456. The van der Waals surface area contributed by atoms with Gasteiger partial charge in [-0.1, -0.05) is 19.4 Å². The first-order valence-corrected chi connectivity index (χ1v) is 6.77. The average Bonchev–Trinajstić information content (AvgIpc) is 3.22. The summed E-state index contributed by atoms with van der Waals surface area (Å²) in [4.78, 5) is 0. The van der Waals surface area contributed by atoms with Gasteiger partial charge >= 0.3 is 0 Å². The van der Waals surface area contributed by atoms with Crippen LogP contribution < -0.4 is 10.1 Å². The third-order valence-corrected chi connectivity index (χ3v) is 3.47. The highest BCUT2D eigenvalue weighted by Gasteiger charge is 2.34. The van der Waals surface area contributed by atoms with Gasteiger partial charge in [0, 0.05) is 12.6 Å². The number of aliphatic hydroxyl groups is 1. The van der Waals surface area contributed by atoms with Gasteiger partial charge in [0.05, 0.1) is 11.6 Å². The van der Waals surface area contributed by atoms with Crippen molar-refractivity contribution in [2.75, 3.05) is 13.2 Å². The van der Waals surface area contributed by atoms with E-state index in [0.29, 0.717) is 23.9 Å². The molecule has 2 N–H and O–H groups in total. The van der Waals surface area contributed by atoms with E-state index in [1.54, 1.807) is 24.3 Å². The number of rotatable bonds is 7. The minimum absolute atomic E-state index is 0.241. The lowest BCUT2D eigenvalue weighted by Crippen LogP contribution is -2.33.